The first-order chi connectivity index (χ1) is 12.4. The first kappa shape index (κ1) is 18.4. The Bertz CT molecular complexity index is 1030. The monoisotopic (exact) mass is 435 g/mol. The summed E-state index contributed by atoms with van der Waals surface area (Å²) in [5.74, 6) is -0.0789. The fraction of sp³-hybridized carbons (Fsp3) is 0.167. The van der Waals surface area contributed by atoms with Gasteiger partial charge in [0.05, 0.1) is 5.52 Å². The third-order valence-electron chi connectivity index (χ3n) is 3.85. The van der Waals surface area contributed by atoms with Crippen molar-refractivity contribution >= 4 is 50.0 Å². The molecule has 1 heterocycles. The van der Waals surface area contributed by atoms with Crippen molar-refractivity contribution in [3.63, 3.8) is 0 Å². The fourth-order valence-corrected chi connectivity index (χ4v) is 3.12. The number of amides is 1. The van der Waals surface area contributed by atoms with Crippen LogP contribution in [0.2, 0.25) is 5.02 Å². The molecule has 0 aliphatic heterocycles. The number of carbonyl (C=O) groups excluding carboxylic acids is 1. The Morgan fingerprint density at radius 1 is 1.31 bits per heavy atom. The predicted octanol–water partition coefficient (Wildman–Crippen LogP) is 5.30. The number of carbonyl (C=O) groups is 1. The molecule has 2 aromatic carbocycles. The SMILES string of the molecule is Cc1cc(Cl)ccc1OCC(=O)N=Nc1c(O)n(C)c2ccc(Br)cc12. The third kappa shape index (κ3) is 3.73. The van der Waals surface area contributed by atoms with Gasteiger partial charge in [-0.15, -0.1) is 10.2 Å². The topological polar surface area (TPSA) is 76.2 Å². The first-order valence-electron chi connectivity index (χ1n) is 7.67. The Labute approximate surface area is 163 Å². The zero-order valence-electron chi connectivity index (χ0n) is 14.0. The maximum Gasteiger partial charge on any atom is 0.302 e. The van der Waals surface area contributed by atoms with Crippen LogP contribution in [0.1, 0.15) is 5.56 Å². The summed E-state index contributed by atoms with van der Waals surface area (Å²) < 4.78 is 7.86. The van der Waals surface area contributed by atoms with Gasteiger partial charge in [0, 0.05) is 21.9 Å². The van der Waals surface area contributed by atoms with E-state index in [9.17, 15) is 9.90 Å². The molecule has 0 bridgehead atoms. The summed E-state index contributed by atoms with van der Waals surface area (Å²) in [7, 11) is 1.71. The summed E-state index contributed by atoms with van der Waals surface area (Å²) in [6, 6.07) is 10.6. The Morgan fingerprint density at radius 3 is 2.81 bits per heavy atom. The maximum absolute atomic E-state index is 12.0. The quantitative estimate of drug-likeness (QED) is 0.564. The molecular formula is C18H15BrClN3O3. The summed E-state index contributed by atoms with van der Waals surface area (Å²) in [5.41, 5.74) is 1.83. The summed E-state index contributed by atoms with van der Waals surface area (Å²) in [5, 5.41) is 19.1. The van der Waals surface area contributed by atoms with Gasteiger partial charge in [-0.25, -0.2) is 0 Å². The van der Waals surface area contributed by atoms with Crippen molar-refractivity contribution in [3.05, 3.63) is 51.5 Å². The van der Waals surface area contributed by atoms with Crippen molar-refractivity contribution in [1.82, 2.24) is 4.57 Å². The summed E-state index contributed by atoms with van der Waals surface area (Å²) in [6.07, 6.45) is 0. The molecule has 6 nitrogen and oxygen atoms in total. The van der Waals surface area contributed by atoms with E-state index in [0.717, 1.165) is 15.6 Å². The van der Waals surface area contributed by atoms with E-state index in [-0.39, 0.29) is 18.2 Å². The maximum atomic E-state index is 12.0. The van der Waals surface area contributed by atoms with Crippen molar-refractivity contribution in [1.29, 1.82) is 0 Å². The second kappa shape index (κ2) is 7.47. The first-order valence-corrected chi connectivity index (χ1v) is 8.84. The molecule has 1 aromatic heterocycles. The van der Waals surface area contributed by atoms with Crippen LogP contribution in [0.5, 0.6) is 11.6 Å². The second-order valence-electron chi connectivity index (χ2n) is 5.68. The molecule has 26 heavy (non-hydrogen) atoms. The number of fused-ring (bicyclic) bond motifs is 1. The van der Waals surface area contributed by atoms with Crippen molar-refractivity contribution in [2.24, 2.45) is 17.3 Å². The van der Waals surface area contributed by atoms with E-state index in [1.54, 1.807) is 35.9 Å². The van der Waals surface area contributed by atoms with Gasteiger partial charge in [-0.1, -0.05) is 27.5 Å². The van der Waals surface area contributed by atoms with Gasteiger partial charge in [-0.2, -0.15) is 0 Å². The van der Waals surface area contributed by atoms with E-state index in [0.29, 0.717) is 16.2 Å². The average Bonchev–Trinajstić information content (AvgIpc) is 2.82. The molecule has 0 saturated carbocycles. The number of aromatic nitrogens is 1. The van der Waals surface area contributed by atoms with E-state index in [4.69, 9.17) is 16.3 Å². The van der Waals surface area contributed by atoms with Gasteiger partial charge < -0.3 is 14.4 Å². The van der Waals surface area contributed by atoms with Crippen LogP contribution >= 0.6 is 27.5 Å². The van der Waals surface area contributed by atoms with Crippen molar-refractivity contribution in [3.8, 4) is 11.6 Å². The number of hydrogen-bond donors (Lipinski definition) is 1. The van der Waals surface area contributed by atoms with Crippen molar-refractivity contribution in [2.45, 2.75) is 6.92 Å². The number of ether oxygens (including phenoxy) is 1. The number of azo groups is 1. The fourth-order valence-electron chi connectivity index (χ4n) is 2.53. The standard InChI is InChI=1S/C18H15BrClN3O3/c1-10-7-12(20)4-6-15(10)26-9-16(24)21-22-17-13-8-11(19)3-5-14(13)23(2)18(17)25/h3-8,25H,9H2,1-2H3. The number of aromatic hydroxyl groups is 1. The molecule has 1 amide bonds. The van der Waals surface area contributed by atoms with Crippen LogP contribution < -0.4 is 4.74 Å². The smallest absolute Gasteiger partial charge is 0.302 e. The summed E-state index contributed by atoms with van der Waals surface area (Å²) in [6.45, 7) is 1.57. The molecule has 0 aliphatic rings. The Morgan fingerprint density at radius 2 is 2.08 bits per heavy atom. The highest BCUT2D eigenvalue weighted by molar-refractivity contribution is 9.10. The minimum Gasteiger partial charge on any atom is -0.493 e. The van der Waals surface area contributed by atoms with Gasteiger partial charge in [0.25, 0.3) is 0 Å². The molecule has 0 unspecified atom stereocenters. The van der Waals surface area contributed by atoms with Crippen LogP contribution in [0.25, 0.3) is 10.9 Å². The third-order valence-corrected chi connectivity index (χ3v) is 4.58. The van der Waals surface area contributed by atoms with Gasteiger partial charge in [0.2, 0.25) is 5.88 Å². The molecule has 0 saturated heterocycles. The molecule has 8 heteroatoms. The Hall–Kier alpha value is -2.38. The molecular weight excluding hydrogens is 422 g/mol. The van der Waals surface area contributed by atoms with Crippen LogP contribution in [-0.2, 0) is 11.8 Å². The highest BCUT2D eigenvalue weighted by Crippen LogP contribution is 2.39. The molecule has 3 aromatic rings. The minimum atomic E-state index is -0.564. The molecule has 1 N–H and O–H groups in total. The van der Waals surface area contributed by atoms with Crippen LogP contribution in [0.3, 0.4) is 0 Å². The van der Waals surface area contributed by atoms with Gasteiger partial charge in [-0.3, -0.25) is 4.79 Å². The number of rotatable bonds is 4. The molecule has 134 valence electrons. The van der Waals surface area contributed by atoms with E-state index < -0.39 is 5.91 Å². The lowest BCUT2D eigenvalue weighted by Gasteiger charge is -2.06. The summed E-state index contributed by atoms with van der Waals surface area (Å²) >= 11 is 9.27. The lowest BCUT2D eigenvalue weighted by atomic mass is 10.2. The average molecular weight is 437 g/mol. The highest BCUT2D eigenvalue weighted by atomic mass is 79.9. The highest BCUT2D eigenvalue weighted by Gasteiger charge is 2.15. The Balaban J connectivity index is 1.77. The van der Waals surface area contributed by atoms with Gasteiger partial charge in [-0.05, 0) is 48.9 Å². The van der Waals surface area contributed by atoms with Gasteiger partial charge in [0.15, 0.2) is 12.3 Å². The zero-order valence-corrected chi connectivity index (χ0v) is 16.4. The normalized spacial score (nSPS) is 11.4. The number of halogens is 2. The largest absolute Gasteiger partial charge is 0.493 e. The number of nitrogens with zero attached hydrogens (tertiary/aromatic N) is 3. The second-order valence-corrected chi connectivity index (χ2v) is 7.04. The van der Waals surface area contributed by atoms with Crippen LogP contribution in [0.4, 0.5) is 5.69 Å². The van der Waals surface area contributed by atoms with Crippen molar-refractivity contribution in [2.75, 3.05) is 6.61 Å². The van der Waals surface area contributed by atoms with Crippen LogP contribution in [0, 0.1) is 6.92 Å². The number of hydrogen-bond acceptors (Lipinski definition) is 4. The van der Waals surface area contributed by atoms with E-state index in [2.05, 4.69) is 26.2 Å². The Kier molecular flexibility index (Phi) is 5.29. The lowest BCUT2D eigenvalue weighted by Crippen LogP contribution is -2.08. The molecule has 3 rings (SSSR count). The molecule has 0 fully saturated rings. The zero-order chi connectivity index (χ0) is 18.8. The molecule has 0 radical (unpaired) electrons. The van der Waals surface area contributed by atoms with Crippen LogP contribution in [0.15, 0.2) is 51.1 Å². The van der Waals surface area contributed by atoms with E-state index >= 15 is 0 Å². The number of aryl methyl sites for hydroxylation is 2. The summed E-state index contributed by atoms with van der Waals surface area (Å²) in [4.78, 5) is 12.0. The molecule has 0 aliphatic carbocycles. The van der Waals surface area contributed by atoms with Crippen molar-refractivity contribution < 1.29 is 14.6 Å². The molecule has 0 atom stereocenters. The van der Waals surface area contributed by atoms with Crippen LogP contribution in [-0.4, -0.2) is 22.2 Å². The molecule has 0 spiro atoms. The van der Waals surface area contributed by atoms with Gasteiger partial charge in [0.1, 0.15) is 5.75 Å². The van der Waals surface area contributed by atoms with E-state index in [1.807, 2.05) is 19.1 Å². The minimum absolute atomic E-state index is 0.0656. The van der Waals surface area contributed by atoms with E-state index in [1.165, 1.54) is 0 Å². The lowest BCUT2D eigenvalue weighted by molar-refractivity contribution is -0.120. The predicted molar refractivity (Wildman–Crippen MR) is 103 cm³/mol. The number of benzene rings is 2. The van der Waals surface area contributed by atoms with Gasteiger partial charge >= 0.3 is 5.91 Å².